The van der Waals surface area contributed by atoms with Crippen molar-refractivity contribution in [3.8, 4) is 0 Å². The van der Waals surface area contributed by atoms with Crippen molar-refractivity contribution in [2.24, 2.45) is 5.10 Å². The number of carbonyl (C=O) groups excluding carboxylic acids is 1. The minimum absolute atomic E-state index is 0.143. The lowest BCUT2D eigenvalue weighted by Crippen LogP contribution is -2.18. The normalized spacial score (nSPS) is 11.0. The SMILES string of the molecule is O=C(N/N=C\c1c(F)c(F)c(F)c(F)c1F)c1ccncc1. The Kier molecular flexibility index (Phi) is 4.44. The fourth-order valence-electron chi connectivity index (χ4n) is 1.46. The number of rotatable bonds is 3. The van der Waals surface area contributed by atoms with Crippen molar-refractivity contribution >= 4 is 12.1 Å². The monoisotopic (exact) mass is 315 g/mol. The van der Waals surface area contributed by atoms with Gasteiger partial charge in [0.05, 0.1) is 11.8 Å². The second kappa shape index (κ2) is 6.29. The highest BCUT2D eigenvalue weighted by Gasteiger charge is 2.24. The number of carbonyl (C=O) groups is 1. The first-order valence-electron chi connectivity index (χ1n) is 5.68. The van der Waals surface area contributed by atoms with Crippen LogP contribution >= 0.6 is 0 Å². The lowest BCUT2D eigenvalue weighted by atomic mass is 10.2. The zero-order chi connectivity index (χ0) is 16.3. The van der Waals surface area contributed by atoms with Gasteiger partial charge in [-0.1, -0.05) is 0 Å². The Hall–Kier alpha value is -2.84. The Balaban J connectivity index is 2.23. The Morgan fingerprint density at radius 3 is 2.00 bits per heavy atom. The van der Waals surface area contributed by atoms with Crippen LogP contribution in [0.15, 0.2) is 29.6 Å². The maximum absolute atomic E-state index is 13.3. The lowest BCUT2D eigenvalue weighted by molar-refractivity contribution is 0.0955. The van der Waals surface area contributed by atoms with Crippen molar-refractivity contribution in [2.75, 3.05) is 0 Å². The Labute approximate surface area is 120 Å². The number of aromatic nitrogens is 1. The van der Waals surface area contributed by atoms with E-state index < -0.39 is 40.6 Å². The second-order valence-electron chi connectivity index (χ2n) is 3.92. The smallest absolute Gasteiger partial charge is 0.267 e. The van der Waals surface area contributed by atoms with Crippen LogP contribution in [0.4, 0.5) is 22.0 Å². The van der Waals surface area contributed by atoms with E-state index in [1.165, 1.54) is 24.5 Å². The minimum atomic E-state index is -2.27. The van der Waals surface area contributed by atoms with Crippen LogP contribution in [-0.2, 0) is 0 Å². The molecule has 1 heterocycles. The molecule has 1 amide bonds. The molecule has 0 saturated heterocycles. The zero-order valence-corrected chi connectivity index (χ0v) is 10.6. The molecule has 0 fully saturated rings. The van der Waals surface area contributed by atoms with Gasteiger partial charge in [-0.3, -0.25) is 9.78 Å². The van der Waals surface area contributed by atoms with Gasteiger partial charge in [0.25, 0.3) is 5.91 Å². The summed E-state index contributed by atoms with van der Waals surface area (Å²) >= 11 is 0. The van der Waals surface area contributed by atoms with E-state index in [1.54, 1.807) is 0 Å². The van der Waals surface area contributed by atoms with E-state index in [2.05, 4.69) is 10.1 Å². The molecule has 0 aliphatic rings. The van der Waals surface area contributed by atoms with E-state index in [0.29, 0.717) is 6.21 Å². The summed E-state index contributed by atoms with van der Waals surface area (Å²) in [5.74, 6) is -11.3. The van der Waals surface area contributed by atoms with Gasteiger partial charge < -0.3 is 0 Å². The topological polar surface area (TPSA) is 54.4 Å². The predicted octanol–water partition coefficient (Wildman–Crippen LogP) is 2.54. The summed E-state index contributed by atoms with van der Waals surface area (Å²) in [5, 5.41) is 3.17. The predicted molar refractivity (Wildman–Crippen MR) is 65.5 cm³/mol. The van der Waals surface area contributed by atoms with E-state index >= 15 is 0 Å². The third-order valence-electron chi connectivity index (χ3n) is 2.55. The number of hydrogen-bond donors (Lipinski definition) is 1. The number of amides is 1. The molecule has 22 heavy (non-hydrogen) atoms. The molecule has 1 aromatic heterocycles. The van der Waals surface area contributed by atoms with Crippen LogP contribution in [0, 0.1) is 29.1 Å². The number of hydrogen-bond acceptors (Lipinski definition) is 3. The van der Waals surface area contributed by atoms with E-state index in [-0.39, 0.29) is 5.56 Å². The molecular formula is C13H6F5N3O. The van der Waals surface area contributed by atoms with Crippen LogP contribution in [-0.4, -0.2) is 17.1 Å². The lowest BCUT2D eigenvalue weighted by Gasteiger charge is -2.04. The summed E-state index contributed by atoms with van der Waals surface area (Å²) in [5.41, 5.74) is 0.771. The van der Waals surface area contributed by atoms with Crippen molar-refractivity contribution in [1.82, 2.24) is 10.4 Å². The second-order valence-corrected chi connectivity index (χ2v) is 3.92. The molecular weight excluding hydrogens is 309 g/mol. The van der Waals surface area contributed by atoms with Crippen molar-refractivity contribution in [1.29, 1.82) is 0 Å². The highest BCUT2D eigenvalue weighted by molar-refractivity contribution is 5.94. The summed E-state index contributed by atoms with van der Waals surface area (Å²) in [6.45, 7) is 0. The van der Waals surface area contributed by atoms with E-state index in [9.17, 15) is 26.7 Å². The van der Waals surface area contributed by atoms with Gasteiger partial charge in [-0.2, -0.15) is 5.10 Å². The first kappa shape index (κ1) is 15.5. The molecule has 0 unspecified atom stereocenters. The number of halogens is 5. The molecule has 1 N–H and O–H groups in total. The van der Waals surface area contributed by atoms with Crippen molar-refractivity contribution in [2.45, 2.75) is 0 Å². The number of hydrazone groups is 1. The molecule has 9 heteroatoms. The maximum atomic E-state index is 13.3. The van der Waals surface area contributed by atoms with Crippen molar-refractivity contribution < 1.29 is 26.7 Å². The molecule has 2 rings (SSSR count). The Morgan fingerprint density at radius 2 is 1.45 bits per heavy atom. The first-order chi connectivity index (χ1) is 10.4. The molecule has 1 aromatic carbocycles. The summed E-state index contributed by atoms with van der Waals surface area (Å²) in [7, 11) is 0. The van der Waals surface area contributed by atoms with Crippen molar-refractivity contribution in [3.63, 3.8) is 0 Å². The van der Waals surface area contributed by atoms with Crippen LogP contribution in [0.25, 0.3) is 0 Å². The van der Waals surface area contributed by atoms with Gasteiger partial charge in [0.2, 0.25) is 5.82 Å². The summed E-state index contributed by atoms with van der Waals surface area (Å²) in [6.07, 6.45) is 2.97. The van der Waals surface area contributed by atoms with E-state index in [4.69, 9.17) is 0 Å². The van der Waals surface area contributed by atoms with Gasteiger partial charge >= 0.3 is 0 Å². The van der Waals surface area contributed by atoms with E-state index in [1.807, 2.05) is 5.43 Å². The molecule has 0 bridgehead atoms. The molecule has 0 aliphatic carbocycles. The summed E-state index contributed by atoms with van der Waals surface area (Å²) in [4.78, 5) is 15.2. The fourth-order valence-corrected chi connectivity index (χ4v) is 1.46. The van der Waals surface area contributed by atoms with E-state index in [0.717, 1.165) is 0 Å². The quantitative estimate of drug-likeness (QED) is 0.311. The Morgan fingerprint density at radius 1 is 0.955 bits per heavy atom. The first-order valence-corrected chi connectivity index (χ1v) is 5.68. The molecule has 0 atom stereocenters. The number of benzene rings is 1. The molecule has 0 aliphatic heterocycles. The van der Waals surface area contributed by atoms with Crippen LogP contribution in [0.2, 0.25) is 0 Å². The van der Waals surface area contributed by atoms with Gasteiger partial charge in [-0.25, -0.2) is 27.4 Å². The Bertz CT molecular complexity index is 720. The molecule has 2 aromatic rings. The van der Waals surface area contributed by atoms with Gasteiger partial charge in [-0.05, 0) is 12.1 Å². The molecule has 0 radical (unpaired) electrons. The minimum Gasteiger partial charge on any atom is -0.267 e. The highest BCUT2D eigenvalue weighted by Crippen LogP contribution is 2.21. The largest absolute Gasteiger partial charge is 0.271 e. The van der Waals surface area contributed by atoms with Gasteiger partial charge in [0.1, 0.15) is 0 Å². The van der Waals surface area contributed by atoms with Crippen LogP contribution in [0.5, 0.6) is 0 Å². The van der Waals surface area contributed by atoms with Gasteiger partial charge in [0.15, 0.2) is 23.3 Å². The average Bonchev–Trinajstić information content (AvgIpc) is 2.55. The van der Waals surface area contributed by atoms with Gasteiger partial charge in [-0.15, -0.1) is 0 Å². The van der Waals surface area contributed by atoms with Gasteiger partial charge in [0, 0.05) is 18.0 Å². The molecule has 4 nitrogen and oxygen atoms in total. The maximum Gasteiger partial charge on any atom is 0.271 e. The molecule has 114 valence electrons. The third kappa shape index (κ3) is 2.92. The number of nitrogens with one attached hydrogen (secondary N) is 1. The van der Waals surface area contributed by atoms with Crippen molar-refractivity contribution in [3.05, 3.63) is 64.7 Å². The zero-order valence-electron chi connectivity index (χ0n) is 10.6. The fraction of sp³-hybridized carbons (Fsp3) is 0. The van der Waals surface area contributed by atoms with Crippen LogP contribution < -0.4 is 5.43 Å². The highest BCUT2D eigenvalue weighted by atomic mass is 19.2. The summed E-state index contributed by atoms with van der Waals surface area (Å²) < 4.78 is 65.3. The number of pyridine rings is 1. The molecule has 0 spiro atoms. The van der Waals surface area contributed by atoms with Crippen LogP contribution in [0.3, 0.4) is 0 Å². The van der Waals surface area contributed by atoms with Crippen LogP contribution in [0.1, 0.15) is 15.9 Å². The third-order valence-corrected chi connectivity index (χ3v) is 2.55. The molecule has 0 saturated carbocycles. The summed E-state index contributed by atoms with van der Waals surface area (Å²) in [6, 6.07) is 2.67. The standard InChI is InChI=1S/C13H6F5N3O/c14-8-7(9(15)11(17)12(18)10(8)16)5-20-21-13(22)6-1-3-19-4-2-6/h1-5H,(H,21,22)/b20-5-. The average molecular weight is 315 g/mol. The number of nitrogens with zero attached hydrogens (tertiary/aromatic N) is 2.